The Balaban J connectivity index is 2.15. The SMILES string of the molecule is O=C(c1ccc(I)c(Cl)c1)c1cncc2ccccc12. The maximum Gasteiger partial charge on any atom is 0.195 e. The Kier molecular flexibility index (Phi) is 3.72. The van der Waals surface area contributed by atoms with Gasteiger partial charge in [0.2, 0.25) is 0 Å². The third kappa shape index (κ3) is 2.43. The van der Waals surface area contributed by atoms with Gasteiger partial charge in [-0.3, -0.25) is 9.78 Å². The van der Waals surface area contributed by atoms with E-state index < -0.39 is 0 Å². The molecule has 0 spiro atoms. The second-order valence-corrected chi connectivity index (χ2v) is 5.94. The highest BCUT2D eigenvalue weighted by molar-refractivity contribution is 14.1. The molecule has 98 valence electrons. The molecule has 0 aliphatic heterocycles. The molecule has 0 aliphatic carbocycles. The summed E-state index contributed by atoms with van der Waals surface area (Å²) in [5, 5.41) is 2.45. The summed E-state index contributed by atoms with van der Waals surface area (Å²) in [6, 6.07) is 13.1. The fourth-order valence-electron chi connectivity index (χ4n) is 2.09. The molecule has 0 saturated carbocycles. The first kappa shape index (κ1) is 13.5. The first-order valence-corrected chi connectivity index (χ1v) is 7.45. The number of aromatic nitrogens is 1. The van der Waals surface area contributed by atoms with Crippen molar-refractivity contribution in [3.05, 3.63) is 74.6 Å². The van der Waals surface area contributed by atoms with Crippen LogP contribution in [0.4, 0.5) is 0 Å². The maximum absolute atomic E-state index is 12.6. The molecule has 0 amide bonds. The molecule has 4 heteroatoms. The zero-order valence-electron chi connectivity index (χ0n) is 10.3. The maximum atomic E-state index is 12.6. The number of nitrogens with zero attached hydrogens (tertiary/aromatic N) is 1. The van der Waals surface area contributed by atoms with E-state index in [-0.39, 0.29) is 5.78 Å². The quantitative estimate of drug-likeness (QED) is 0.466. The van der Waals surface area contributed by atoms with Gasteiger partial charge in [-0.1, -0.05) is 35.9 Å². The van der Waals surface area contributed by atoms with E-state index in [1.165, 1.54) is 0 Å². The standard InChI is InChI=1S/C16H9ClINO/c17-14-7-10(5-6-15(14)18)16(20)13-9-19-8-11-3-1-2-4-12(11)13/h1-9H. The van der Waals surface area contributed by atoms with E-state index in [1.54, 1.807) is 24.5 Å². The minimum atomic E-state index is -0.0624. The van der Waals surface area contributed by atoms with Crippen LogP contribution < -0.4 is 0 Å². The monoisotopic (exact) mass is 393 g/mol. The zero-order chi connectivity index (χ0) is 14.1. The van der Waals surface area contributed by atoms with E-state index >= 15 is 0 Å². The molecule has 0 saturated heterocycles. The number of hydrogen-bond donors (Lipinski definition) is 0. The molecule has 0 N–H and O–H groups in total. The van der Waals surface area contributed by atoms with Crippen LogP contribution in [0.5, 0.6) is 0 Å². The van der Waals surface area contributed by atoms with Gasteiger partial charge in [-0.15, -0.1) is 0 Å². The zero-order valence-corrected chi connectivity index (χ0v) is 13.2. The molecular weight excluding hydrogens is 385 g/mol. The normalized spacial score (nSPS) is 10.7. The second kappa shape index (κ2) is 5.50. The molecule has 20 heavy (non-hydrogen) atoms. The van der Waals surface area contributed by atoms with Crippen molar-refractivity contribution >= 4 is 50.7 Å². The Bertz CT molecular complexity index is 811. The first-order chi connectivity index (χ1) is 9.66. The minimum Gasteiger partial charge on any atom is -0.289 e. The lowest BCUT2D eigenvalue weighted by Crippen LogP contribution is -2.03. The van der Waals surface area contributed by atoms with Gasteiger partial charge in [-0.2, -0.15) is 0 Å². The molecule has 1 aromatic heterocycles. The van der Waals surface area contributed by atoms with Crippen molar-refractivity contribution in [3.63, 3.8) is 0 Å². The lowest BCUT2D eigenvalue weighted by Gasteiger charge is -2.06. The van der Waals surface area contributed by atoms with Crippen molar-refractivity contribution in [2.75, 3.05) is 0 Å². The molecule has 3 rings (SSSR count). The Morgan fingerprint density at radius 1 is 1.10 bits per heavy atom. The topological polar surface area (TPSA) is 30.0 Å². The average Bonchev–Trinajstić information content (AvgIpc) is 2.49. The van der Waals surface area contributed by atoms with Gasteiger partial charge in [0.1, 0.15) is 0 Å². The summed E-state index contributed by atoms with van der Waals surface area (Å²) in [6.07, 6.45) is 3.36. The van der Waals surface area contributed by atoms with Crippen LogP contribution >= 0.6 is 34.2 Å². The molecular formula is C16H9ClINO. The number of ketones is 1. The summed E-state index contributed by atoms with van der Waals surface area (Å²) in [6.45, 7) is 0. The Hall–Kier alpha value is -1.46. The van der Waals surface area contributed by atoms with Gasteiger partial charge in [0, 0.05) is 32.5 Å². The van der Waals surface area contributed by atoms with Crippen molar-refractivity contribution in [2.45, 2.75) is 0 Å². The fourth-order valence-corrected chi connectivity index (χ4v) is 2.61. The Labute approximate surface area is 134 Å². The predicted molar refractivity (Wildman–Crippen MR) is 89.3 cm³/mol. The van der Waals surface area contributed by atoms with Crippen molar-refractivity contribution < 1.29 is 4.79 Å². The van der Waals surface area contributed by atoms with Gasteiger partial charge in [0.25, 0.3) is 0 Å². The molecule has 0 aliphatic rings. The largest absolute Gasteiger partial charge is 0.289 e. The van der Waals surface area contributed by atoms with E-state index in [1.807, 2.05) is 30.3 Å². The number of benzene rings is 2. The predicted octanol–water partition coefficient (Wildman–Crippen LogP) is 4.72. The van der Waals surface area contributed by atoms with Gasteiger partial charge in [-0.05, 0) is 46.2 Å². The van der Waals surface area contributed by atoms with Gasteiger partial charge >= 0.3 is 0 Å². The van der Waals surface area contributed by atoms with E-state index in [9.17, 15) is 4.79 Å². The van der Waals surface area contributed by atoms with Gasteiger partial charge < -0.3 is 0 Å². The first-order valence-electron chi connectivity index (χ1n) is 5.99. The molecule has 1 heterocycles. The van der Waals surface area contributed by atoms with Crippen molar-refractivity contribution in [2.24, 2.45) is 0 Å². The molecule has 2 aromatic carbocycles. The second-order valence-electron chi connectivity index (χ2n) is 4.37. The molecule has 0 bridgehead atoms. The van der Waals surface area contributed by atoms with E-state index in [2.05, 4.69) is 27.6 Å². The van der Waals surface area contributed by atoms with Crippen molar-refractivity contribution in [1.82, 2.24) is 4.98 Å². The smallest absolute Gasteiger partial charge is 0.195 e. The highest BCUT2D eigenvalue weighted by atomic mass is 127. The molecule has 2 nitrogen and oxygen atoms in total. The summed E-state index contributed by atoms with van der Waals surface area (Å²) in [4.78, 5) is 16.8. The van der Waals surface area contributed by atoms with Gasteiger partial charge in [-0.25, -0.2) is 0 Å². The summed E-state index contributed by atoms with van der Waals surface area (Å²) in [7, 11) is 0. The van der Waals surface area contributed by atoms with Crippen LogP contribution in [0.2, 0.25) is 5.02 Å². The molecule has 0 fully saturated rings. The van der Waals surface area contributed by atoms with Crippen LogP contribution in [-0.2, 0) is 0 Å². The molecule has 0 unspecified atom stereocenters. The van der Waals surface area contributed by atoms with Gasteiger partial charge in [0.05, 0.1) is 5.02 Å². The number of hydrogen-bond acceptors (Lipinski definition) is 2. The van der Waals surface area contributed by atoms with Crippen LogP contribution in [0.25, 0.3) is 10.8 Å². The summed E-state index contributed by atoms with van der Waals surface area (Å²) >= 11 is 8.23. The highest BCUT2D eigenvalue weighted by Crippen LogP contribution is 2.24. The van der Waals surface area contributed by atoms with Crippen LogP contribution in [0, 0.1) is 3.57 Å². The molecule has 0 radical (unpaired) electrons. The van der Waals surface area contributed by atoms with Gasteiger partial charge in [0.15, 0.2) is 5.78 Å². The van der Waals surface area contributed by atoms with E-state index in [0.29, 0.717) is 16.1 Å². The van der Waals surface area contributed by atoms with Crippen molar-refractivity contribution in [3.8, 4) is 0 Å². The van der Waals surface area contributed by atoms with Crippen LogP contribution in [-0.4, -0.2) is 10.8 Å². The lowest BCUT2D eigenvalue weighted by molar-refractivity contribution is 0.104. The highest BCUT2D eigenvalue weighted by Gasteiger charge is 2.13. The Morgan fingerprint density at radius 2 is 1.90 bits per heavy atom. The van der Waals surface area contributed by atoms with Crippen LogP contribution in [0.15, 0.2) is 54.9 Å². The average molecular weight is 394 g/mol. The Morgan fingerprint density at radius 3 is 2.70 bits per heavy atom. The summed E-state index contributed by atoms with van der Waals surface area (Å²) in [5.41, 5.74) is 1.17. The summed E-state index contributed by atoms with van der Waals surface area (Å²) in [5.74, 6) is -0.0624. The number of pyridine rings is 1. The van der Waals surface area contributed by atoms with Crippen LogP contribution in [0.3, 0.4) is 0 Å². The summed E-state index contributed by atoms with van der Waals surface area (Å²) < 4.78 is 0.928. The van der Waals surface area contributed by atoms with Crippen molar-refractivity contribution in [1.29, 1.82) is 0 Å². The number of rotatable bonds is 2. The third-order valence-electron chi connectivity index (χ3n) is 3.09. The fraction of sp³-hybridized carbons (Fsp3) is 0. The number of carbonyl (C=O) groups excluding carboxylic acids is 1. The van der Waals surface area contributed by atoms with E-state index in [4.69, 9.17) is 11.6 Å². The van der Waals surface area contributed by atoms with E-state index in [0.717, 1.165) is 14.3 Å². The minimum absolute atomic E-state index is 0.0624. The number of carbonyl (C=O) groups is 1. The third-order valence-corrected chi connectivity index (χ3v) is 4.67. The lowest BCUT2D eigenvalue weighted by atomic mass is 10.00. The van der Waals surface area contributed by atoms with Crippen LogP contribution in [0.1, 0.15) is 15.9 Å². The number of fused-ring (bicyclic) bond motifs is 1. The molecule has 0 atom stereocenters. The number of halogens is 2. The molecule has 3 aromatic rings.